The van der Waals surface area contributed by atoms with Gasteiger partial charge in [-0.1, -0.05) is 30.3 Å². The van der Waals surface area contributed by atoms with Crippen molar-refractivity contribution in [3.05, 3.63) is 83.7 Å². The number of pyridine rings is 1. The van der Waals surface area contributed by atoms with Crippen LogP contribution in [0.4, 0.5) is 5.69 Å². The van der Waals surface area contributed by atoms with E-state index in [1.807, 2.05) is 48.5 Å². The zero-order valence-corrected chi connectivity index (χ0v) is 16.8. The van der Waals surface area contributed by atoms with Crippen molar-refractivity contribution in [3.8, 4) is 11.5 Å². The average Bonchev–Trinajstić information content (AvgIpc) is 3.18. The number of hydrogen-bond acceptors (Lipinski definition) is 4. The molecule has 2 heterocycles. The number of fused-ring (bicyclic) bond motifs is 1. The Hall–Kier alpha value is -3.67. The van der Waals surface area contributed by atoms with E-state index in [9.17, 15) is 9.59 Å². The van der Waals surface area contributed by atoms with Crippen molar-refractivity contribution in [1.29, 1.82) is 0 Å². The summed E-state index contributed by atoms with van der Waals surface area (Å²) in [5, 5.41) is 2.89. The van der Waals surface area contributed by atoms with Crippen LogP contribution in [0, 0.1) is 0 Å². The molecule has 152 valence electrons. The zero-order valence-electron chi connectivity index (χ0n) is 16.8. The number of benzene rings is 2. The second kappa shape index (κ2) is 8.78. The first kappa shape index (κ1) is 19.6. The van der Waals surface area contributed by atoms with Crippen molar-refractivity contribution in [2.45, 2.75) is 19.8 Å². The van der Waals surface area contributed by atoms with E-state index < -0.39 is 0 Å². The Morgan fingerprint density at radius 2 is 1.87 bits per heavy atom. The molecule has 0 saturated carbocycles. The van der Waals surface area contributed by atoms with Crippen molar-refractivity contribution in [2.75, 3.05) is 18.0 Å². The number of ether oxygens (including phenoxy) is 1. The summed E-state index contributed by atoms with van der Waals surface area (Å²) < 4.78 is 5.94. The summed E-state index contributed by atoms with van der Waals surface area (Å²) in [6.07, 6.45) is 3.12. The second-order valence-electron chi connectivity index (χ2n) is 7.18. The minimum Gasteiger partial charge on any atom is -0.457 e. The maximum Gasteiger partial charge on any atom is 0.270 e. The third kappa shape index (κ3) is 4.49. The first-order valence-electron chi connectivity index (χ1n) is 9.97. The molecule has 0 radical (unpaired) electrons. The minimum absolute atomic E-state index is 0.0412. The smallest absolute Gasteiger partial charge is 0.270 e. The lowest BCUT2D eigenvalue weighted by atomic mass is 10.1. The van der Waals surface area contributed by atoms with Crippen molar-refractivity contribution in [3.63, 3.8) is 0 Å². The lowest BCUT2D eigenvalue weighted by molar-refractivity contribution is -0.116. The van der Waals surface area contributed by atoms with Gasteiger partial charge in [0.15, 0.2) is 0 Å². The molecule has 1 N–H and O–H groups in total. The van der Waals surface area contributed by atoms with Crippen molar-refractivity contribution >= 4 is 17.5 Å². The van der Waals surface area contributed by atoms with Crippen molar-refractivity contribution in [1.82, 2.24) is 10.3 Å². The number of anilines is 1. The summed E-state index contributed by atoms with van der Waals surface area (Å²) in [6.45, 7) is 2.80. The Morgan fingerprint density at radius 1 is 1.07 bits per heavy atom. The van der Waals surface area contributed by atoms with Crippen LogP contribution in [0.15, 0.2) is 66.9 Å². The SMILES string of the molecule is CC(=O)N1CCc2cc(Oc3ccnc(C(=O)NCCc4ccccc4)c3)ccc21. The maximum absolute atomic E-state index is 12.4. The van der Waals surface area contributed by atoms with Crippen LogP contribution in [0.5, 0.6) is 11.5 Å². The highest BCUT2D eigenvalue weighted by Gasteiger charge is 2.22. The molecule has 1 aliphatic rings. The number of aromatic nitrogens is 1. The Bertz CT molecular complexity index is 1070. The van der Waals surface area contributed by atoms with Crippen LogP contribution < -0.4 is 15.0 Å². The Kier molecular flexibility index (Phi) is 5.75. The van der Waals surface area contributed by atoms with Crippen LogP contribution in [0.2, 0.25) is 0 Å². The molecule has 1 aliphatic heterocycles. The van der Waals surface area contributed by atoms with Gasteiger partial charge in [0.2, 0.25) is 5.91 Å². The van der Waals surface area contributed by atoms with Gasteiger partial charge in [-0.05, 0) is 48.2 Å². The highest BCUT2D eigenvalue weighted by molar-refractivity contribution is 5.94. The second-order valence-corrected chi connectivity index (χ2v) is 7.18. The van der Waals surface area contributed by atoms with Gasteiger partial charge in [-0.25, -0.2) is 0 Å². The maximum atomic E-state index is 12.4. The summed E-state index contributed by atoms with van der Waals surface area (Å²) in [5.74, 6) is 1.02. The molecule has 0 aliphatic carbocycles. The monoisotopic (exact) mass is 401 g/mol. The minimum atomic E-state index is -0.234. The van der Waals surface area contributed by atoms with Crippen LogP contribution in [0.1, 0.15) is 28.5 Å². The van der Waals surface area contributed by atoms with Gasteiger partial charge in [-0.15, -0.1) is 0 Å². The lowest BCUT2D eigenvalue weighted by Crippen LogP contribution is -2.26. The number of nitrogens with one attached hydrogen (secondary N) is 1. The number of amides is 2. The highest BCUT2D eigenvalue weighted by Crippen LogP contribution is 2.33. The van der Waals surface area contributed by atoms with Gasteiger partial charge in [-0.2, -0.15) is 0 Å². The Labute approximate surface area is 175 Å². The van der Waals surface area contributed by atoms with Gasteiger partial charge >= 0.3 is 0 Å². The van der Waals surface area contributed by atoms with Crippen LogP contribution in [-0.4, -0.2) is 29.9 Å². The number of hydrogen-bond donors (Lipinski definition) is 1. The molecule has 0 atom stereocenters. The predicted molar refractivity (Wildman–Crippen MR) is 115 cm³/mol. The quantitative estimate of drug-likeness (QED) is 0.683. The molecule has 4 rings (SSSR count). The molecule has 0 saturated heterocycles. The summed E-state index contributed by atoms with van der Waals surface area (Å²) in [4.78, 5) is 30.0. The van der Waals surface area contributed by atoms with E-state index in [0.29, 0.717) is 30.3 Å². The molecule has 0 fully saturated rings. The number of carbonyl (C=O) groups is 2. The van der Waals surface area contributed by atoms with E-state index in [-0.39, 0.29) is 11.8 Å². The molecule has 2 amide bonds. The van der Waals surface area contributed by atoms with E-state index >= 15 is 0 Å². The number of rotatable bonds is 6. The van der Waals surface area contributed by atoms with Gasteiger partial charge in [-0.3, -0.25) is 14.6 Å². The molecular formula is C24H23N3O3. The van der Waals surface area contributed by atoms with Gasteiger partial charge in [0.1, 0.15) is 17.2 Å². The highest BCUT2D eigenvalue weighted by atomic mass is 16.5. The molecule has 3 aromatic rings. The summed E-state index contributed by atoms with van der Waals surface area (Å²) in [7, 11) is 0. The van der Waals surface area contributed by atoms with Crippen LogP contribution >= 0.6 is 0 Å². The molecule has 0 spiro atoms. The van der Waals surface area contributed by atoms with Crippen molar-refractivity contribution < 1.29 is 14.3 Å². The van der Waals surface area contributed by atoms with E-state index in [4.69, 9.17) is 4.74 Å². The van der Waals surface area contributed by atoms with Gasteiger partial charge in [0.25, 0.3) is 5.91 Å². The number of nitrogens with zero attached hydrogens (tertiary/aromatic N) is 2. The van der Waals surface area contributed by atoms with Crippen molar-refractivity contribution in [2.24, 2.45) is 0 Å². The van der Waals surface area contributed by atoms with E-state index in [2.05, 4.69) is 10.3 Å². The van der Waals surface area contributed by atoms with Gasteiger partial charge in [0, 0.05) is 38.0 Å². The summed E-state index contributed by atoms with van der Waals surface area (Å²) in [6, 6.07) is 19.0. The standard InChI is InChI=1S/C24H23N3O3/c1-17(28)27-14-11-19-15-20(7-8-23(19)27)30-21-10-13-25-22(16-21)24(29)26-12-9-18-5-3-2-4-6-18/h2-8,10,13,15-16H,9,11-12,14H2,1H3,(H,26,29). The lowest BCUT2D eigenvalue weighted by Gasteiger charge is -2.15. The van der Waals surface area contributed by atoms with E-state index in [0.717, 1.165) is 24.1 Å². The third-order valence-corrected chi connectivity index (χ3v) is 5.07. The molecule has 6 heteroatoms. The van der Waals surface area contributed by atoms with Gasteiger partial charge < -0.3 is 15.0 Å². The normalized spacial score (nSPS) is 12.4. The predicted octanol–water partition coefficient (Wildman–Crippen LogP) is 3.76. The molecule has 0 unspecified atom stereocenters. The largest absolute Gasteiger partial charge is 0.457 e. The molecular weight excluding hydrogens is 378 g/mol. The van der Waals surface area contributed by atoms with Gasteiger partial charge in [0.05, 0.1) is 0 Å². The van der Waals surface area contributed by atoms with E-state index in [1.54, 1.807) is 30.2 Å². The summed E-state index contributed by atoms with van der Waals surface area (Å²) >= 11 is 0. The number of carbonyl (C=O) groups excluding carboxylic acids is 2. The first-order chi connectivity index (χ1) is 14.6. The van der Waals surface area contributed by atoms with E-state index in [1.165, 1.54) is 5.56 Å². The summed E-state index contributed by atoms with van der Waals surface area (Å²) in [5.41, 5.74) is 3.49. The van der Waals surface area contributed by atoms with Crippen LogP contribution in [-0.2, 0) is 17.6 Å². The first-order valence-corrected chi connectivity index (χ1v) is 9.97. The molecule has 2 aromatic carbocycles. The fourth-order valence-electron chi connectivity index (χ4n) is 3.56. The third-order valence-electron chi connectivity index (χ3n) is 5.07. The Balaban J connectivity index is 1.39. The fourth-order valence-corrected chi connectivity index (χ4v) is 3.56. The molecule has 6 nitrogen and oxygen atoms in total. The molecule has 1 aromatic heterocycles. The van der Waals surface area contributed by atoms with Crippen LogP contribution in [0.25, 0.3) is 0 Å². The molecule has 0 bridgehead atoms. The average molecular weight is 401 g/mol. The topological polar surface area (TPSA) is 71.5 Å². The Morgan fingerprint density at radius 3 is 2.67 bits per heavy atom. The van der Waals surface area contributed by atoms with Crippen LogP contribution in [0.3, 0.4) is 0 Å². The zero-order chi connectivity index (χ0) is 20.9. The molecule has 30 heavy (non-hydrogen) atoms. The fraction of sp³-hybridized carbons (Fsp3) is 0.208.